The number of nitrogens with one attached hydrogen (secondary N) is 3. The summed E-state index contributed by atoms with van der Waals surface area (Å²) in [7, 11) is 0. The Bertz CT molecular complexity index is 529. The second kappa shape index (κ2) is 6.47. The minimum atomic E-state index is -0.667. The Labute approximate surface area is 120 Å². The lowest BCUT2D eigenvalue weighted by Gasteiger charge is -2.14. The van der Waals surface area contributed by atoms with Crippen LogP contribution in [0.25, 0.3) is 0 Å². The number of imide groups is 1. The molecule has 1 atom stereocenters. The highest BCUT2D eigenvalue weighted by Crippen LogP contribution is 2.08. The monoisotopic (exact) mass is 296 g/mol. The first-order chi connectivity index (χ1) is 9.54. The summed E-state index contributed by atoms with van der Waals surface area (Å²) >= 11 is 1.55. The Balaban J connectivity index is 1.79. The lowest BCUT2D eigenvalue weighted by atomic mass is 10.1. The first kappa shape index (κ1) is 14.4. The molecule has 4 amide bonds. The Morgan fingerprint density at radius 2 is 2.35 bits per heavy atom. The lowest BCUT2D eigenvalue weighted by molar-refractivity contribution is -0.123. The number of carbonyl (C=O) groups is 3. The van der Waals surface area contributed by atoms with Gasteiger partial charge in [-0.15, -0.1) is 11.3 Å². The fourth-order valence-electron chi connectivity index (χ4n) is 1.86. The van der Waals surface area contributed by atoms with Crippen molar-refractivity contribution < 1.29 is 14.4 Å². The van der Waals surface area contributed by atoms with Gasteiger partial charge in [0.25, 0.3) is 0 Å². The van der Waals surface area contributed by atoms with E-state index in [9.17, 15) is 14.4 Å². The van der Waals surface area contributed by atoms with Gasteiger partial charge in [-0.1, -0.05) is 0 Å². The molecule has 3 N–H and O–H groups in total. The molecule has 108 valence electrons. The maximum Gasteiger partial charge on any atom is 0.322 e. The largest absolute Gasteiger partial charge is 0.354 e. The average molecular weight is 296 g/mol. The van der Waals surface area contributed by atoms with Gasteiger partial charge in [-0.25, -0.2) is 9.78 Å². The van der Waals surface area contributed by atoms with Gasteiger partial charge < -0.3 is 10.6 Å². The smallest absolute Gasteiger partial charge is 0.322 e. The number of hydrogen-bond donors (Lipinski definition) is 3. The van der Waals surface area contributed by atoms with Crippen LogP contribution in [-0.4, -0.2) is 35.4 Å². The number of urea groups is 1. The van der Waals surface area contributed by atoms with Gasteiger partial charge in [-0.3, -0.25) is 14.9 Å². The molecule has 0 radical (unpaired) electrons. The van der Waals surface area contributed by atoms with Crippen molar-refractivity contribution in [3.05, 3.63) is 16.1 Å². The van der Waals surface area contributed by atoms with Crippen LogP contribution in [0.3, 0.4) is 0 Å². The summed E-state index contributed by atoms with van der Waals surface area (Å²) in [6.45, 7) is 2.38. The molecule has 7 nitrogen and oxygen atoms in total. The van der Waals surface area contributed by atoms with E-state index in [1.54, 1.807) is 11.3 Å². The van der Waals surface area contributed by atoms with E-state index < -0.39 is 12.1 Å². The third-order valence-electron chi connectivity index (χ3n) is 2.84. The van der Waals surface area contributed by atoms with Crippen LogP contribution in [0, 0.1) is 6.92 Å². The molecule has 1 unspecified atom stereocenters. The normalized spacial score (nSPS) is 18.9. The fourth-order valence-corrected chi connectivity index (χ4v) is 2.64. The van der Waals surface area contributed by atoms with Crippen molar-refractivity contribution >= 4 is 29.2 Å². The molecular formula is C12H16N4O3S. The molecular weight excluding hydrogens is 280 g/mol. The van der Waals surface area contributed by atoms with Crippen molar-refractivity contribution in [2.75, 3.05) is 6.54 Å². The quantitative estimate of drug-likeness (QED) is 0.733. The van der Waals surface area contributed by atoms with Gasteiger partial charge in [-0.05, 0) is 13.3 Å². The SMILES string of the molecule is Cc1csc(CCNC(=O)C2CCC(=O)NC(=O)N2)n1. The fraction of sp³-hybridized carbons (Fsp3) is 0.500. The number of thiazole rings is 1. The summed E-state index contributed by atoms with van der Waals surface area (Å²) in [5.41, 5.74) is 0.969. The Morgan fingerprint density at radius 3 is 3.05 bits per heavy atom. The van der Waals surface area contributed by atoms with Crippen LogP contribution in [0.5, 0.6) is 0 Å². The van der Waals surface area contributed by atoms with Crippen molar-refractivity contribution in [1.29, 1.82) is 0 Å². The first-order valence-corrected chi connectivity index (χ1v) is 7.21. The molecule has 1 saturated heterocycles. The molecule has 0 aliphatic carbocycles. The maximum atomic E-state index is 11.9. The minimum Gasteiger partial charge on any atom is -0.354 e. The number of aryl methyl sites for hydroxylation is 1. The number of carbonyl (C=O) groups excluding carboxylic acids is 3. The van der Waals surface area contributed by atoms with Crippen LogP contribution >= 0.6 is 11.3 Å². The summed E-state index contributed by atoms with van der Waals surface area (Å²) in [5, 5.41) is 10.3. The molecule has 1 aliphatic heterocycles. The molecule has 20 heavy (non-hydrogen) atoms. The molecule has 1 aromatic rings. The predicted octanol–water partition coefficient (Wildman–Crippen LogP) is 0.0984. The van der Waals surface area contributed by atoms with Gasteiger partial charge in [0, 0.05) is 30.5 Å². The van der Waals surface area contributed by atoms with Gasteiger partial charge in [0.05, 0.1) is 5.01 Å². The number of hydrogen-bond acceptors (Lipinski definition) is 5. The third kappa shape index (κ3) is 4.02. The molecule has 2 heterocycles. The highest BCUT2D eigenvalue weighted by Gasteiger charge is 2.25. The number of nitrogens with zero attached hydrogens (tertiary/aromatic N) is 1. The van der Waals surface area contributed by atoms with E-state index in [4.69, 9.17) is 0 Å². The van der Waals surface area contributed by atoms with Gasteiger partial charge in [0.15, 0.2) is 0 Å². The molecule has 1 fully saturated rings. The van der Waals surface area contributed by atoms with Crippen molar-refractivity contribution in [2.45, 2.75) is 32.2 Å². The Kier molecular flexibility index (Phi) is 4.67. The average Bonchev–Trinajstić information content (AvgIpc) is 2.71. The van der Waals surface area contributed by atoms with E-state index >= 15 is 0 Å². The van der Waals surface area contributed by atoms with Crippen LogP contribution in [-0.2, 0) is 16.0 Å². The lowest BCUT2D eigenvalue weighted by Crippen LogP contribution is -2.48. The second-order valence-corrected chi connectivity index (χ2v) is 5.48. The van der Waals surface area contributed by atoms with E-state index in [0.717, 1.165) is 10.7 Å². The van der Waals surface area contributed by atoms with E-state index in [1.807, 2.05) is 12.3 Å². The number of rotatable bonds is 4. The standard InChI is InChI=1S/C12H16N4O3S/c1-7-6-20-10(14-7)4-5-13-11(18)8-2-3-9(17)16-12(19)15-8/h6,8H,2-5H2,1H3,(H,13,18)(H2,15,16,17,19). The second-order valence-electron chi connectivity index (χ2n) is 4.54. The van der Waals surface area contributed by atoms with Gasteiger partial charge in [0.2, 0.25) is 11.8 Å². The van der Waals surface area contributed by atoms with Crippen molar-refractivity contribution in [1.82, 2.24) is 20.9 Å². The molecule has 0 aromatic carbocycles. The van der Waals surface area contributed by atoms with E-state index in [2.05, 4.69) is 20.9 Å². The summed E-state index contributed by atoms with van der Waals surface area (Å²) in [6.07, 6.45) is 1.12. The number of amides is 4. The third-order valence-corrected chi connectivity index (χ3v) is 3.87. The predicted molar refractivity (Wildman–Crippen MR) is 73.3 cm³/mol. The van der Waals surface area contributed by atoms with Crippen molar-refractivity contribution in [3.63, 3.8) is 0 Å². The van der Waals surface area contributed by atoms with E-state index in [0.29, 0.717) is 19.4 Å². The number of aromatic nitrogens is 1. The molecule has 1 aromatic heterocycles. The molecule has 0 bridgehead atoms. The molecule has 8 heteroatoms. The van der Waals surface area contributed by atoms with Crippen LogP contribution in [0.2, 0.25) is 0 Å². The van der Waals surface area contributed by atoms with E-state index in [-0.39, 0.29) is 18.2 Å². The summed E-state index contributed by atoms with van der Waals surface area (Å²) in [5.74, 6) is -0.640. The van der Waals surface area contributed by atoms with Crippen LogP contribution < -0.4 is 16.0 Å². The van der Waals surface area contributed by atoms with Crippen LogP contribution in [0.1, 0.15) is 23.5 Å². The molecule has 1 aliphatic rings. The van der Waals surface area contributed by atoms with Crippen molar-refractivity contribution in [3.8, 4) is 0 Å². The topological polar surface area (TPSA) is 100 Å². The maximum absolute atomic E-state index is 11.9. The Morgan fingerprint density at radius 1 is 1.55 bits per heavy atom. The minimum absolute atomic E-state index is 0.155. The van der Waals surface area contributed by atoms with Gasteiger partial charge in [0.1, 0.15) is 6.04 Å². The first-order valence-electron chi connectivity index (χ1n) is 6.33. The summed E-state index contributed by atoms with van der Waals surface area (Å²) in [6, 6.07) is -1.29. The van der Waals surface area contributed by atoms with Gasteiger partial charge in [-0.2, -0.15) is 0 Å². The molecule has 2 rings (SSSR count). The van der Waals surface area contributed by atoms with Crippen LogP contribution in [0.4, 0.5) is 4.79 Å². The van der Waals surface area contributed by atoms with Gasteiger partial charge >= 0.3 is 6.03 Å². The van der Waals surface area contributed by atoms with Crippen molar-refractivity contribution in [2.24, 2.45) is 0 Å². The highest BCUT2D eigenvalue weighted by molar-refractivity contribution is 7.09. The zero-order valence-corrected chi connectivity index (χ0v) is 11.9. The zero-order chi connectivity index (χ0) is 14.5. The summed E-state index contributed by atoms with van der Waals surface area (Å²) < 4.78 is 0. The zero-order valence-electron chi connectivity index (χ0n) is 11.1. The highest BCUT2D eigenvalue weighted by atomic mass is 32.1. The van der Waals surface area contributed by atoms with Crippen LogP contribution in [0.15, 0.2) is 5.38 Å². The summed E-state index contributed by atoms with van der Waals surface area (Å²) in [4.78, 5) is 38.6. The molecule has 0 saturated carbocycles. The Hall–Kier alpha value is -1.96. The van der Waals surface area contributed by atoms with E-state index in [1.165, 1.54) is 0 Å². The molecule has 0 spiro atoms.